The number of ketones is 1. The van der Waals surface area contributed by atoms with Crippen molar-refractivity contribution in [3.8, 4) is 0 Å². The molecule has 1 saturated heterocycles. The zero-order valence-corrected chi connectivity index (χ0v) is 18.2. The van der Waals surface area contributed by atoms with Crippen molar-refractivity contribution in [1.82, 2.24) is 9.80 Å². The normalized spacial score (nSPS) is 23.3. The fourth-order valence-electron chi connectivity index (χ4n) is 4.48. The molecule has 2 atom stereocenters. The largest absolute Gasteiger partial charge is 0.507 e. The molecule has 8 heteroatoms. The third-order valence-corrected chi connectivity index (χ3v) is 6.19. The molecule has 0 radical (unpaired) electrons. The zero-order chi connectivity index (χ0) is 22.7. The van der Waals surface area contributed by atoms with Crippen LogP contribution in [0.4, 0.5) is 0 Å². The van der Waals surface area contributed by atoms with Gasteiger partial charge in [0.15, 0.2) is 17.6 Å². The van der Waals surface area contributed by atoms with E-state index in [1.54, 1.807) is 6.20 Å². The number of hydrogen-bond donors (Lipinski definition) is 1. The Morgan fingerprint density at radius 3 is 2.69 bits per heavy atom. The highest BCUT2D eigenvalue weighted by molar-refractivity contribution is 6.19. The Balaban J connectivity index is 1.44. The summed E-state index contributed by atoms with van der Waals surface area (Å²) in [5.74, 6) is -1.82. The molecule has 1 amide bonds. The van der Waals surface area contributed by atoms with Gasteiger partial charge in [0.1, 0.15) is 5.57 Å². The maximum absolute atomic E-state index is 13.1. The van der Waals surface area contributed by atoms with Crippen molar-refractivity contribution >= 4 is 23.7 Å². The highest BCUT2D eigenvalue weighted by Gasteiger charge is 2.40. The fourth-order valence-corrected chi connectivity index (χ4v) is 4.48. The highest BCUT2D eigenvalue weighted by atomic mass is 16.6. The number of amides is 1. The number of carbonyl (C=O) groups is 3. The summed E-state index contributed by atoms with van der Waals surface area (Å²) in [4.78, 5) is 41.4. The van der Waals surface area contributed by atoms with E-state index in [4.69, 9.17) is 9.47 Å². The molecule has 2 unspecified atom stereocenters. The number of morpholine rings is 1. The zero-order valence-electron chi connectivity index (χ0n) is 18.2. The molecule has 3 aliphatic rings. The lowest BCUT2D eigenvalue weighted by Crippen LogP contribution is -2.37. The number of fused-ring (bicyclic) bond motifs is 1. The van der Waals surface area contributed by atoms with Gasteiger partial charge in [0.25, 0.3) is 0 Å². The molecule has 4 rings (SSSR count). The topological polar surface area (TPSA) is 96.4 Å². The molecular weight excluding hydrogens is 412 g/mol. The van der Waals surface area contributed by atoms with Crippen LogP contribution in [0.3, 0.4) is 0 Å². The molecule has 1 aromatic carbocycles. The summed E-state index contributed by atoms with van der Waals surface area (Å²) in [6, 6.07) is 6.96. The van der Waals surface area contributed by atoms with Crippen LogP contribution in [0, 0.1) is 0 Å². The van der Waals surface area contributed by atoms with E-state index in [9.17, 15) is 19.5 Å². The number of cyclic esters (lactones) is 1. The standard InChI is InChI=1S/C24H28N2O6/c1-16(27)26-10-8-17-5-2-3-6-18(17)19(26)15-20(28)22-23(29)21(32-24(22)30)7-4-9-25-11-13-31-14-12-25/h2-3,5-6,8,10,19,21,29H,4,7,9,11-15H2,1H3. The first-order valence-corrected chi connectivity index (χ1v) is 11.0. The first kappa shape index (κ1) is 22.2. The van der Waals surface area contributed by atoms with E-state index in [1.165, 1.54) is 11.8 Å². The summed E-state index contributed by atoms with van der Waals surface area (Å²) in [6.45, 7) is 5.38. The van der Waals surface area contributed by atoms with Gasteiger partial charge in [-0.15, -0.1) is 0 Å². The van der Waals surface area contributed by atoms with Crippen molar-refractivity contribution in [2.24, 2.45) is 0 Å². The van der Waals surface area contributed by atoms with Gasteiger partial charge in [0.05, 0.1) is 19.3 Å². The lowest BCUT2D eigenvalue weighted by Gasteiger charge is -2.32. The molecule has 0 aliphatic carbocycles. The molecule has 170 valence electrons. The summed E-state index contributed by atoms with van der Waals surface area (Å²) in [6.07, 6.45) is 3.73. The first-order chi connectivity index (χ1) is 15.5. The molecule has 8 nitrogen and oxygen atoms in total. The molecule has 0 saturated carbocycles. The van der Waals surface area contributed by atoms with Crippen molar-refractivity contribution < 1.29 is 29.0 Å². The Morgan fingerprint density at radius 1 is 1.19 bits per heavy atom. The van der Waals surface area contributed by atoms with Gasteiger partial charge in [-0.05, 0) is 36.6 Å². The number of esters is 1. The molecule has 0 bridgehead atoms. The van der Waals surface area contributed by atoms with E-state index in [1.807, 2.05) is 30.3 Å². The second kappa shape index (κ2) is 9.67. The van der Waals surface area contributed by atoms with Crippen LogP contribution >= 0.6 is 0 Å². The van der Waals surface area contributed by atoms with Gasteiger partial charge >= 0.3 is 5.97 Å². The predicted octanol–water partition coefficient (Wildman–Crippen LogP) is 2.37. The maximum atomic E-state index is 13.1. The SMILES string of the molecule is CC(=O)N1C=Cc2ccccc2C1CC(=O)C1=C(O)C(CCCN2CCOCC2)OC1=O. The average molecular weight is 440 g/mol. The van der Waals surface area contributed by atoms with Gasteiger partial charge in [-0.25, -0.2) is 4.79 Å². The number of Topliss-reactive ketones (excluding diaryl/α,β-unsaturated/α-hetero) is 1. The Morgan fingerprint density at radius 2 is 1.94 bits per heavy atom. The molecule has 1 aromatic rings. The minimum atomic E-state index is -0.801. The van der Waals surface area contributed by atoms with Gasteiger partial charge in [-0.1, -0.05) is 24.3 Å². The molecule has 1 fully saturated rings. The van der Waals surface area contributed by atoms with Crippen LogP contribution in [0.5, 0.6) is 0 Å². The lowest BCUT2D eigenvalue weighted by atomic mass is 9.90. The molecular formula is C24H28N2O6. The number of carbonyl (C=O) groups excluding carboxylic acids is 3. The number of nitrogens with zero attached hydrogens (tertiary/aromatic N) is 2. The van der Waals surface area contributed by atoms with Crippen molar-refractivity contribution in [2.75, 3.05) is 32.8 Å². The average Bonchev–Trinajstić information content (AvgIpc) is 3.07. The number of rotatable bonds is 7. The predicted molar refractivity (Wildman–Crippen MR) is 116 cm³/mol. The summed E-state index contributed by atoms with van der Waals surface area (Å²) in [5, 5.41) is 10.6. The van der Waals surface area contributed by atoms with Crippen LogP contribution in [-0.2, 0) is 23.9 Å². The van der Waals surface area contributed by atoms with E-state index >= 15 is 0 Å². The van der Waals surface area contributed by atoms with Crippen LogP contribution < -0.4 is 0 Å². The summed E-state index contributed by atoms with van der Waals surface area (Å²) < 4.78 is 10.6. The van der Waals surface area contributed by atoms with Crippen LogP contribution in [0.15, 0.2) is 41.8 Å². The lowest BCUT2D eigenvalue weighted by molar-refractivity contribution is -0.141. The highest BCUT2D eigenvalue weighted by Crippen LogP contribution is 2.35. The second-order valence-electron chi connectivity index (χ2n) is 8.26. The fraction of sp³-hybridized carbons (Fsp3) is 0.458. The maximum Gasteiger partial charge on any atom is 0.346 e. The van der Waals surface area contributed by atoms with Crippen molar-refractivity contribution in [2.45, 2.75) is 38.3 Å². The number of aliphatic hydroxyl groups is 1. The molecule has 3 aliphatic heterocycles. The quantitative estimate of drug-likeness (QED) is 0.514. The van der Waals surface area contributed by atoms with Gasteiger partial charge in [0, 0.05) is 32.6 Å². The first-order valence-electron chi connectivity index (χ1n) is 11.0. The second-order valence-corrected chi connectivity index (χ2v) is 8.26. The minimum absolute atomic E-state index is 0.115. The Hall–Kier alpha value is -2.97. The van der Waals surface area contributed by atoms with Gasteiger partial charge < -0.3 is 19.5 Å². The molecule has 3 heterocycles. The van der Waals surface area contributed by atoms with E-state index < -0.39 is 23.9 Å². The van der Waals surface area contributed by atoms with Crippen LogP contribution in [-0.4, -0.2) is 71.5 Å². The molecule has 0 aromatic heterocycles. The number of hydrogen-bond acceptors (Lipinski definition) is 7. The van der Waals surface area contributed by atoms with Crippen molar-refractivity contribution in [1.29, 1.82) is 0 Å². The number of benzene rings is 1. The Bertz CT molecular complexity index is 963. The van der Waals surface area contributed by atoms with Crippen LogP contribution in [0.2, 0.25) is 0 Å². The summed E-state index contributed by atoms with van der Waals surface area (Å²) in [5.41, 5.74) is 1.44. The Kier molecular flexibility index (Phi) is 6.72. The number of aliphatic hydroxyl groups excluding tert-OH is 1. The third-order valence-electron chi connectivity index (χ3n) is 6.19. The van der Waals surface area contributed by atoms with E-state index in [2.05, 4.69) is 4.90 Å². The Labute approximate surface area is 187 Å². The van der Waals surface area contributed by atoms with Gasteiger partial charge in [-0.3, -0.25) is 14.5 Å². The van der Waals surface area contributed by atoms with E-state index in [-0.39, 0.29) is 23.7 Å². The molecule has 0 spiro atoms. The monoisotopic (exact) mass is 440 g/mol. The van der Waals surface area contributed by atoms with Crippen molar-refractivity contribution in [3.63, 3.8) is 0 Å². The smallest absolute Gasteiger partial charge is 0.346 e. The number of ether oxygens (including phenoxy) is 2. The van der Waals surface area contributed by atoms with Gasteiger partial charge in [0.2, 0.25) is 5.91 Å². The van der Waals surface area contributed by atoms with E-state index in [0.29, 0.717) is 19.6 Å². The van der Waals surface area contributed by atoms with Crippen molar-refractivity contribution in [3.05, 3.63) is 52.9 Å². The molecule has 1 N–H and O–H groups in total. The summed E-state index contributed by atoms with van der Waals surface area (Å²) >= 11 is 0. The van der Waals surface area contributed by atoms with Crippen LogP contribution in [0.25, 0.3) is 6.08 Å². The van der Waals surface area contributed by atoms with Gasteiger partial charge in [-0.2, -0.15) is 0 Å². The van der Waals surface area contributed by atoms with Crippen LogP contribution in [0.1, 0.15) is 43.4 Å². The van der Waals surface area contributed by atoms with E-state index in [0.717, 1.165) is 37.2 Å². The third kappa shape index (κ3) is 4.61. The molecule has 32 heavy (non-hydrogen) atoms. The minimum Gasteiger partial charge on any atom is -0.507 e. The summed E-state index contributed by atoms with van der Waals surface area (Å²) in [7, 11) is 0.